The summed E-state index contributed by atoms with van der Waals surface area (Å²) in [5.74, 6) is -4.24. The zero-order valence-corrected chi connectivity index (χ0v) is 11.6. The van der Waals surface area contributed by atoms with Gasteiger partial charge in [0.2, 0.25) is 5.91 Å². The van der Waals surface area contributed by atoms with Crippen molar-refractivity contribution < 1.29 is 23.9 Å². The Morgan fingerprint density at radius 1 is 1.00 bits per heavy atom. The number of amides is 2. The SMILES string of the molecule is O=C(NNC(=O)[C@H]1CC=CC[C@H]1C(=O)O)c1ccc(F)cc1. The zero-order chi connectivity index (χ0) is 16.1. The summed E-state index contributed by atoms with van der Waals surface area (Å²) >= 11 is 0. The van der Waals surface area contributed by atoms with Gasteiger partial charge in [-0.3, -0.25) is 25.2 Å². The second-order valence-corrected chi connectivity index (χ2v) is 4.94. The third-order valence-electron chi connectivity index (χ3n) is 3.49. The maximum absolute atomic E-state index is 12.8. The van der Waals surface area contributed by atoms with E-state index in [-0.39, 0.29) is 12.0 Å². The van der Waals surface area contributed by atoms with Crippen LogP contribution in [0.3, 0.4) is 0 Å². The smallest absolute Gasteiger partial charge is 0.307 e. The molecule has 0 bridgehead atoms. The molecule has 0 heterocycles. The Morgan fingerprint density at radius 3 is 2.18 bits per heavy atom. The van der Waals surface area contributed by atoms with E-state index in [2.05, 4.69) is 10.9 Å². The number of carbonyl (C=O) groups excluding carboxylic acids is 2. The molecule has 1 aromatic rings. The van der Waals surface area contributed by atoms with Crippen molar-refractivity contribution in [1.29, 1.82) is 0 Å². The third kappa shape index (κ3) is 3.69. The van der Waals surface area contributed by atoms with Crippen molar-refractivity contribution in [2.75, 3.05) is 0 Å². The molecule has 0 unspecified atom stereocenters. The van der Waals surface area contributed by atoms with Gasteiger partial charge in [-0.25, -0.2) is 4.39 Å². The molecular formula is C15H15FN2O4. The maximum Gasteiger partial charge on any atom is 0.307 e. The van der Waals surface area contributed by atoms with Crippen LogP contribution >= 0.6 is 0 Å². The maximum atomic E-state index is 12.8. The van der Waals surface area contributed by atoms with Gasteiger partial charge in [0, 0.05) is 5.56 Å². The lowest BCUT2D eigenvalue weighted by atomic mass is 9.82. The van der Waals surface area contributed by atoms with Gasteiger partial charge < -0.3 is 5.11 Å². The fraction of sp³-hybridized carbons (Fsp3) is 0.267. The second kappa shape index (κ2) is 6.84. The van der Waals surface area contributed by atoms with Gasteiger partial charge in [0.25, 0.3) is 5.91 Å². The lowest BCUT2D eigenvalue weighted by molar-refractivity contribution is -0.147. The van der Waals surface area contributed by atoms with Gasteiger partial charge in [-0.1, -0.05) is 12.2 Å². The monoisotopic (exact) mass is 306 g/mol. The van der Waals surface area contributed by atoms with Crippen LogP contribution < -0.4 is 10.9 Å². The highest BCUT2D eigenvalue weighted by Crippen LogP contribution is 2.25. The molecule has 2 atom stereocenters. The number of aliphatic carboxylic acids is 1. The molecule has 1 aromatic carbocycles. The van der Waals surface area contributed by atoms with Gasteiger partial charge in [-0.15, -0.1) is 0 Å². The Kier molecular flexibility index (Phi) is 4.88. The van der Waals surface area contributed by atoms with E-state index in [9.17, 15) is 18.8 Å². The molecule has 1 aliphatic carbocycles. The lowest BCUT2D eigenvalue weighted by Gasteiger charge is -2.24. The molecule has 0 spiro atoms. The van der Waals surface area contributed by atoms with E-state index in [4.69, 9.17) is 5.11 Å². The second-order valence-electron chi connectivity index (χ2n) is 4.94. The summed E-state index contributed by atoms with van der Waals surface area (Å²) in [5.41, 5.74) is 4.60. The summed E-state index contributed by atoms with van der Waals surface area (Å²) in [6.45, 7) is 0. The van der Waals surface area contributed by atoms with Gasteiger partial charge in [0.1, 0.15) is 5.82 Å². The molecule has 6 nitrogen and oxygen atoms in total. The molecule has 0 radical (unpaired) electrons. The van der Waals surface area contributed by atoms with Crippen molar-refractivity contribution in [2.45, 2.75) is 12.8 Å². The number of carboxylic acid groups (broad SMARTS) is 1. The Balaban J connectivity index is 1.94. The number of carbonyl (C=O) groups is 3. The first-order chi connectivity index (χ1) is 10.5. The lowest BCUT2D eigenvalue weighted by Crippen LogP contribution is -2.47. The number of halogens is 1. The molecule has 0 aliphatic heterocycles. The number of hydrogen-bond donors (Lipinski definition) is 3. The molecule has 1 aliphatic rings. The van der Waals surface area contributed by atoms with E-state index in [1.54, 1.807) is 12.2 Å². The van der Waals surface area contributed by atoms with Crippen molar-refractivity contribution in [1.82, 2.24) is 10.9 Å². The standard InChI is InChI=1S/C15H15FN2O4/c16-10-7-5-9(6-8-10)13(19)17-18-14(20)11-3-1-2-4-12(11)15(21)22/h1-2,5-8,11-12H,3-4H2,(H,17,19)(H,18,20)(H,21,22)/t11-,12+/m0/s1. The van der Waals surface area contributed by atoms with Crippen molar-refractivity contribution in [2.24, 2.45) is 11.8 Å². The molecule has 2 amide bonds. The minimum Gasteiger partial charge on any atom is -0.481 e. The van der Waals surface area contributed by atoms with Gasteiger partial charge in [-0.2, -0.15) is 0 Å². The first kappa shape index (κ1) is 15.7. The first-order valence-corrected chi connectivity index (χ1v) is 6.72. The van der Waals surface area contributed by atoms with Gasteiger partial charge in [0.15, 0.2) is 0 Å². The van der Waals surface area contributed by atoms with Crippen molar-refractivity contribution in [3.8, 4) is 0 Å². The van der Waals surface area contributed by atoms with Crippen LogP contribution in [0.25, 0.3) is 0 Å². The summed E-state index contributed by atoms with van der Waals surface area (Å²) < 4.78 is 12.8. The van der Waals surface area contributed by atoms with Crippen LogP contribution in [0.5, 0.6) is 0 Å². The number of hydrazine groups is 1. The predicted octanol–water partition coefficient (Wildman–Crippen LogP) is 1.25. The fourth-order valence-corrected chi connectivity index (χ4v) is 2.26. The molecule has 0 aromatic heterocycles. The van der Waals surface area contributed by atoms with Crippen LogP contribution in [-0.2, 0) is 9.59 Å². The molecule has 22 heavy (non-hydrogen) atoms. The van der Waals surface area contributed by atoms with E-state index >= 15 is 0 Å². The number of benzene rings is 1. The molecule has 3 N–H and O–H groups in total. The van der Waals surface area contributed by atoms with Crippen LogP contribution in [0.2, 0.25) is 0 Å². The average molecular weight is 306 g/mol. The molecule has 0 fully saturated rings. The van der Waals surface area contributed by atoms with E-state index in [1.807, 2.05) is 0 Å². The van der Waals surface area contributed by atoms with Gasteiger partial charge in [-0.05, 0) is 37.1 Å². The minimum absolute atomic E-state index is 0.181. The number of hydrogen-bond acceptors (Lipinski definition) is 3. The Morgan fingerprint density at radius 2 is 1.59 bits per heavy atom. The minimum atomic E-state index is -1.05. The van der Waals surface area contributed by atoms with Crippen molar-refractivity contribution in [3.05, 3.63) is 47.8 Å². The summed E-state index contributed by atoms with van der Waals surface area (Å²) in [4.78, 5) is 34.9. The summed E-state index contributed by atoms with van der Waals surface area (Å²) in [6.07, 6.45) is 4.04. The van der Waals surface area contributed by atoms with Crippen LogP contribution in [0.1, 0.15) is 23.2 Å². The summed E-state index contributed by atoms with van der Waals surface area (Å²) in [5, 5.41) is 9.10. The molecule has 2 rings (SSSR count). The van der Waals surface area contributed by atoms with Crippen molar-refractivity contribution >= 4 is 17.8 Å². The largest absolute Gasteiger partial charge is 0.481 e. The normalized spacial score (nSPS) is 20.2. The third-order valence-corrected chi connectivity index (χ3v) is 3.49. The van der Waals surface area contributed by atoms with Gasteiger partial charge >= 0.3 is 5.97 Å². The average Bonchev–Trinajstić information content (AvgIpc) is 2.53. The first-order valence-electron chi connectivity index (χ1n) is 6.72. The fourth-order valence-electron chi connectivity index (χ4n) is 2.26. The van der Waals surface area contributed by atoms with E-state index < -0.39 is 35.4 Å². The molecule has 116 valence electrons. The molecular weight excluding hydrogens is 291 g/mol. The Labute approximate surface area is 126 Å². The number of allylic oxidation sites excluding steroid dienone is 2. The summed E-state index contributed by atoms with van der Waals surface area (Å²) in [6, 6.07) is 4.81. The van der Waals surface area contributed by atoms with E-state index in [0.29, 0.717) is 6.42 Å². The highest BCUT2D eigenvalue weighted by molar-refractivity contribution is 5.96. The predicted molar refractivity (Wildman–Crippen MR) is 75.0 cm³/mol. The van der Waals surface area contributed by atoms with Crippen molar-refractivity contribution in [3.63, 3.8) is 0 Å². The van der Waals surface area contributed by atoms with Crippen LogP contribution in [0.15, 0.2) is 36.4 Å². The highest BCUT2D eigenvalue weighted by Gasteiger charge is 2.34. The quantitative estimate of drug-likeness (QED) is 0.578. The molecule has 7 heteroatoms. The topological polar surface area (TPSA) is 95.5 Å². The molecule has 0 saturated heterocycles. The number of carboxylic acids is 1. The Bertz CT molecular complexity index is 612. The zero-order valence-electron chi connectivity index (χ0n) is 11.6. The number of nitrogens with one attached hydrogen (secondary N) is 2. The Hall–Kier alpha value is -2.70. The highest BCUT2D eigenvalue weighted by atomic mass is 19.1. The van der Waals surface area contributed by atoms with Crippen LogP contribution in [-0.4, -0.2) is 22.9 Å². The van der Waals surface area contributed by atoms with Crippen LogP contribution in [0.4, 0.5) is 4.39 Å². The molecule has 0 saturated carbocycles. The van der Waals surface area contributed by atoms with E-state index in [1.165, 1.54) is 12.1 Å². The van der Waals surface area contributed by atoms with Gasteiger partial charge in [0.05, 0.1) is 11.8 Å². The number of rotatable bonds is 3. The van der Waals surface area contributed by atoms with Crippen LogP contribution in [0, 0.1) is 17.7 Å². The summed E-state index contributed by atoms with van der Waals surface area (Å²) in [7, 11) is 0. The van der Waals surface area contributed by atoms with E-state index in [0.717, 1.165) is 12.1 Å².